The summed E-state index contributed by atoms with van der Waals surface area (Å²) in [5, 5.41) is 10.3. The lowest BCUT2D eigenvalue weighted by Gasteiger charge is -2.44. The third kappa shape index (κ3) is 6.71. The van der Waals surface area contributed by atoms with Crippen LogP contribution in [-0.4, -0.2) is 85.2 Å². The molecule has 5 atom stereocenters. The molecule has 5 unspecified atom stereocenters. The number of rotatable bonds is 6. The quantitative estimate of drug-likeness (QED) is 0.290. The van der Waals surface area contributed by atoms with Crippen molar-refractivity contribution in [3.05, 3.63) is 12.7 Å². The van der Waals surface area contributed by atoms with Gasteiger partial charge in [0.05, 0.1) is 30.6 Å². The third-order valence-electron chi connectivity index (χ3n) is 11.4. The first-order chi connectivity index (χ1) is 20.0. The summed E-state index contributed by atoms with van der Waals surface area (Å²) >= 11 is 0. The fourth-order valence-corrected chi connectivity index (χ4v) is 9.00. The van der Waals surface area contributed by atoms with Gasteiger partial charge in [0.2, 0.25) is 5.91 Å². The number of carbonyl (C=O) groups excluding carboxylic acids is 1. The lowest BCUT2D eigenvalue weighted by molar-refractivity contribution is -0.117. The van der Waals surface area contributed by atoms with E-state index >= 15 is 0 Å². The van der Waals surface area contributed by atoms with Crippen molar-refractivity contribution >= 4 is 5.91 Å². The SMILES string of the molecule is C=CC(=O)NC1CCN(C2CC(C#CC3C(C4CCC(OC5CCCCC5)CC4)C4C(N)NCNC4N3C)C2)CC1. The number of fused-ring (bicyclic) bond motifs is 1. The average Bonchev–Trinajstić information content (AvgIpc) is 3.26. The number of piperidine rings is 1. The van der Waals surface area contributed by atoms with E-state index in [-0.39, 0.29) is 24.2 Å². The molecule has 5 N–H and O–H groups in total. The van der Waals surface area contributed by atoms with Crippen molar-refractivity contribution in [3.63, 3.8) is 0 Å². The van der Waals surface area contributed by atoms with Crippen LogP contribution < -0.4 is 21.7 Å². The molecule has 6 fully saturated rings. The number of nitrogens with zero attached hydrogens (tertiary/aromatic N) is 2. The molecule has 3 heterocycles. The topological polar surface area (TPSA) is 94.9 Å². The third-order valence-corrected chi connectivity index (χ3v) is 11.4. The van der Waals surface area contributed by atoms with Crippen LogP contribution in [0.4, 0.5) is 0 Å². The highest BCUT2D eigenvalue weighted by atomic mass is 16.5. The van der Waals surface area contributed by atoms with Crippen molar-refractivity contribution in [3.8, 4) is 11.8 Å². The fraction of sp³-hybridized carbons (Fsp3) is 0.848. The van der Waals surface area contributed by atoms with E-state index in [1.54, 1.807) is 0 Å². The molecular formula is C33H54N6O2. The Balaban J connectivity index is 1.04. The Morgan fingerprint density at radius 3 is 2.37 bits per heavy atom. The maximum absolute atomic E-state index is 11.6. The van der Waals surface area contributed by atoms with Gasteiger partial charge in [-0.25, -0.2) is 0 Å². The molecule has 8 heteroatoms. The van der Waals surface area contributed by atoms with Gasteiger partial charge in [0.25, 0.3) is 0 Å². The van der Waals surface area contributed by atoms with Crippen LogP contribution in [0, 0.1) is 35.5 Å². The summed E-state index contributed by atoms with van der Waals surface area (Å²) in [5.41, 5.74) is 6.75. The summed E-state index contributed by atoms with van der Waals surface area (Å²) in [6.07, 6.45) is 18.5. The highest BCUT2D eigenvalue weighted by Crippen LogP contribution is 2.46. The van der Waals surface area contributed by atoms with Gasteiger partial charge in [-0.2, -0.15) is 0 Å². The normalized spacial score (nSPS) is 41.1. The summed E-state index contributed by atoms with van der Waals surface area (Å²) in [4.78, 5) is 16.8. The number of ether oxygens (including phenoxy) is 1. The lowest BCUT2D eigenvalue weighted by Crippen LogP contribution is -2.63. The second kappa shape index (κ2) is 13.4. The highest BCUT2D eigenvalue weighted by molar-refractivity contribution is 5.87. The first kappa shape index (κ1) is 29.6. The molecule has 1 amide bonds. The van der Waals surface area contributed by atoms with Crippen molar-refractivity contribution in [2.45, 2.75) is 126 Å². The number of amides is 1. The Bertz CT molecular complexity index is 953. The Hall–Kier alpha value is -1.47. The van der Waals surface area contributed by atoms with Crippen LogP contribution in [0.15, 0.2) is 12.7 Å². The maximum Gasteiger partial charge on any atom is 0.243 e. The van der Waals surface area contributed by atoms with Gasteiger partial charge in [0.15, 0.2) is 0 Å². The van der Waals surface area contributed by atoms with E-state index in [2.05, 4.69) is 51.2 Å². The second-order valence-corrected chi connectivity index (χ2v) is 13.9. The molecule has 0 aromatic heterocycles. The summed E-state index contributed by atoms with van der Waals surface area (Å²) < 4.78 is 6.59. The molecule has 0 aromatic carbocycles. The van der Waals surface area contributed by atoms with Crippen LogP contribution in [0.2, 0.25) is 0 Å². The molecule has 0 radical (unpaired) electrons. The molecule has 228 valence electrons. The number of hydrogen-bond acceptors (Lipinski definition) is 7. The molecule has 3 aliphatic heterocycles. The van der Waals surface area contributed by atoms with Crippen molar-refractivity contribution in [1.29, 1.82) is 0 Å². The second-order valence-electron chi connectivity index (χ2n) is 13.9. The Morgan fingerprint density at radius 2 is 1.66 bits per heavy atom. The molecule has 6 aliphatic rings. The molecule has 3 saturated heterocycles. The minimum absolute atomic E-state index is 0.0176. The predicted octanol–water partition coefficient (Wildman–Crippen LogP) is 2.75. The fourth-order valence-electron chi connectivity index (χ4n) is 9.00. The van der Waals surface area contributed by atoms with Crippen molar-refractivity contribution in [1.82, 2.24) is 25.8 Å². The Kier molecular flexibility index (Phi) is 9.71. The van der Waals surface area contributed by atoms with E-state index in [4.69, 9.17) is 10.5 Å². The number of nitrogens with two attached hydrogens (primary N) is 1. The van der Waals surface area contributed by atoms with E-state index in [1.165, 1.54) is 76.7 Å². The molecule has 0 aromatic rings. The van der Waals surface area contributed by atoms with Gasteiger partial charge in [-0.05, 0) is 89.2 Å². The van der Waals surface area contributed by atoms with Crippen LogP contribution in [0.5, 0.6) is 0 Å². The first-order valence-corrected chi connectivity index (χ1v) is 16.8. The number of nitrogens with one attached hydrogen (secondary N) is 3. The monoisotopic (exact) mass is 566 g/mol. The number of carbonyl (C=O) groups is 1. The van der Waals surface area contributed by atoms with Gasteiger partial charge in [0.1, 0.15) is 0 Å². The van der Waals surface area contributed by atoms with Crippen molar-refractivity contribution in [2.75, 3.05) is 26.8 Å². The molecular weight excluding hydrogens is 512 g/mol. The summed E-state index contributed by atoms with van der Waals surface area (Å²) in [7, 11) is 2.26. The molecule has 0 spiro atoms. The van der Waals surface area contributed by atoms with Crippen LogP contribution in [0.1, 0.15) is 83.5 Å². The minimum atomic E-state index is -0.0507. The van der Waals surface area contributed by atoms with E-state index in [9.17, 15) is 4.79 Å². The van der Waals surface area contributed by atoms with Crippen LogP contribution >= 0.6 is 0 Å². The summed E-state index contributed by atoms with van der Waals surface area (Å²) in [6, 6.07) is 1.19. The van der Waals surface area contributed by atoms with E-state index < -0.39 is 0 Å². The Labute approximate surface area is 247 Å². The molecule has 41 heavy (non-hydrogen) atoms. The van der Waals surface area contributed by atoms with Crippen LogP contribution in [-0.2, 0) is 9.53 Å². The van der Waals surface area contributed by atoms with Gasteiger partial charge < -0.3 is 20.7 Å². The van der Waals surface area contributed by atoms with Gasteiger partial charge in [0, 0.05) is 43.7 Å². The zero-order valence-corrected chi connectivity index (χ0v) is 25.2. The van der Waals surface area contributed by atoms with Crippen LogP contribution in [0.25, 0.3) is 0 Å². The molecule has 3 aliphatic carbocycles. The zero-order valence-electron chi connectivity index (χ0n) is 25.2. The lowest BCUT2D eigenvalue weighted by atomic mass is 9.70. The van der Waals surface area contributed by atoms with Gasteiger partial charge in [-0.1, -0.05) is 37.7 Å². The molecule has 3 saturated carbocycles. The van der Waals surface area contributed by atoms with Crippen molar-refractivity contribution < 1.29 is 9.53 Å². The maximum atomic E-state index is 11.6. The van der Waals surface area contributed by atoms with Gasteiger partial charge in [-0.15, -0.1) is 0 Å². The molecule has 6 rings (SSSR count). The number of likely N-dealkylation sites (tertiary alicyclic amines) is 2. The standard InChI is InChI=1S/C33H54N6O2/c1-3-29(40)37-24-15-17-39(18-16-24)25-19-22(20-25)9-14-28-30(31-32(34)35-21-36-33(31)38(28)2)23-10-12-27(13-11-23)41-26-7-5-4-6-8-26/h3,22-28,30-33,35-36H,1,4-8,10-13,15-21,34H2,2H3,(H,37,40). The minimum Gasteiger partial charge on any atom is -0.375 e. The largest absolute Gasteiger partial charge is 0.375 e. The van der Waals surface area contributed by atoms with Gasteiger partial charge in [-0.3, -0.25) is 20.3 Å². The zero-order chi connectivity index (χ0) is 28.3. The van der Waals surface area contributed by atoms with E-state index in [1.807, 2.05) is 0 Å². The molecule has 8 nitrogen and oxygen atoms in total. The van der Waals surface area contributed by atoms with Crippen molar-refractivity contribution in [2.24, 2.45) is 29.4 Å². The van der Waals surface area contributed by atoms with E-state index in [0.717, 1.165) is 32.6 Å². The Morgan fingerprint density at radius 1 is 0.951 bits per heavy atom. The summed E-state index contributed by atoms with van der Waals surface area (Å²) in [5.74, 6) is 9.57. The first-order valence-electron chi connectivity index (χ1n) is 16.8. The smallest absolute Gasteiger partial charge is 0.243 e. The highest BCUT2D eigenvalue weighted by Gasteiger charge is 2.53. The number of hydrogen-bond donors (Lipinski definition) is 4. The van der Waals surface area contributed by atoms with Gasteiger partial charge >= 0.3 is 0 Å². The van der Waals surface area contributed by atoms with Crippen LogP contribution in [0.3, 0.4) is 0 Å². The van der Waals surface area contributed by atoms with E-state index in [0.29, 0.717) is 48.1 Å². The summed E-state index contributed by atoms with van der Waals surface area (Å²) in [6.45, 7) is 6.46. The average molecular weight is 567 g/mol. The predicted molar refractivity (Wildman–Crippen MR) is 162 cm³/mol. The molecule has 0 bridgehead atoms.